The van der Waals surface area contributed by atoms with E-state index < -0.39 is 0 Å². The summed E-state index contributed by atoms with van der Waals surface area (Å²) >= 11 is 0. The number of hydrogen-bond donors (Lipinski definition) is 0. The van der Waals surface area contributed by atoms with Crippen LogP contribution in [0.3, 0.4) is 0 Å². The Balaban J connectivity index is 3.43. The number of aryl methyl sites for hydroxylation is 2. The molecule has 0 bridgehead atoms. The van der Waals surface area contributed by atoms with Gasteiger partial charge in [-0.15, -0.1) is 0 Å². The lowest BCUT2D eigenvalue weighted by Gasteiger charge is -2.01. The molecule has 0 aromatic heterocycles. The van der Waals surface area contributed by atoms with Gasteiger partial charge in [0, 0.05) is 0 Å². The molecule has 2 nitrogen and oxygen atoms in total. The van der Waals surface area contributed by atoms with Gasteiger partial charge in [-0.05, 0) is 37.1 Å². The second-order valence-corrected chi connectivity index (χ2v) is 2.71. The summed E-state index contributed by atoms with van der Waals surface area (Å²) < 4.78 is 0. The summed E-state index contributed by atoms with van der Waals surface area (Å²) in [6.45, 7) is 3.68. The van der Waals surface area contributed by atoms with E-state index in [0.717, 1.165) is 11.1 Å². The van der Waals surface area contributed by atoms with Crippen LogP contribution in [0.15, 0.2) is 12.1 Å². The second kappa shape index (κ2) is 3.07. The maximum Gasteiger partial charge on any atom is 0.0997 e. The average Bonchev–Trinajstić information content (AvgIpc) is 2.03. The predicted octanol–water partition coefficient (Wildman–Crippen LogP) is 2.05. The Labute approximate surface area is 71.7 Å². The smallest absolute Gasteiger partial charge is 0.0997 e. The second-order valence-electron chi connectivity index (χ2n) is 2.71. The Bertz CT molecular complexity index is 368. The zero-order valence-electron chi connectivity index (χ0n) is 7.05. The highest BCUT2D eigenvalue weighted by molar-refractivity contribution is 5.48. The van der Waals surface area contributed by atoms with E-state index >= 15 is 0 Å². The summed E-state index contributed by atoms with van der Waals surface area (Å²) in [6, 6.07) is 7.61. The molecular weight excluding hydrogens is 148 g/mol. The van der Waals surface area contributed by atoms with Crippen LogP contribution in [0.2, 0.25) is 0 Å². The van der Waals surface area contributed by atoms with Crippen LogP contribution in [0.4, 0.5) is 0 Å². The van der Waals surface area contributed by atoms with Gasteiger partial charge in [0.05, 0.1) is 23.3 Å². The summed E-state index contributed by atoms with van der Waals surface area (Å²) in [5.41, 5.74) is 3.03. The van der Waals surface area contributed by atoms with Crippen molar-refractivity contribution in [2.45, 2.75) is 13.8 Å². The van der Waals surface area contributed by atoms with Crippen molar-refractivity contribution in [3.63, 3.8) is 0 Å². The van der Waals surface area contributed by atoms with Gasteiger partial charge in [0.1, 0.15) is 0 Å². The molecule has 0 saturated heterocycles. The van der Waals surface area contributed by atoms with Gasteiger partial charge in [-0.25, -0.2) is 0 Å². The SMILES string of the molecule is Cc1cc(C#N)cc(C)c1C#N. The standard InChI is InChI=1S/C10H8N2/c1-7-3-9(5-11)4-8(2)10(7)6-12/h3-4H,1-2H3. The molecule has 0 spiro atoms. The van der Waals surface area contributed by atoms with Crippen molar-refractivity contribution in [1.82, 2.24) is 0 Å². The normalized spacial score (nSPS) is 8.67. The fourth-order valence-electron chi connectivity index (χ4n) is 1.20. The molecule has 1 aromatic carbocycles. The lowest BCUT2D eigenvalue weighted by atomic mass is 10.0. The lowest BCUT2D eigenvalue weighted by Crippen LogP contribution is -1.89. The van der Waals surface area contributed by atoms with E-state index in [1.165, 1.54) is 0 Å². The van der Waals surface area contributed by atoms with E-state index in [0.29, 0.717) is 11.1 Å². The summed E-state index contributed by atoms with van der Waals surface area (Å²) in [4.78, 5) is 0. The molecule has 1 aromatic rings. The zero-order valence-corrected chi connectivity index (χ0v) is 7.05. The van der Waals surface area contributed by atoms with Crippen LogP contribution in [0.1, 0.15) is 22.3 Å². The van der Waals surface area contributed by atoms with E-state index in [1.54, 1.807) is 12.1 Å². The first-order valence-electron chi connectivity index (χ1n) is 3.60. The molecule has 12 heavy (non-hydrogen) atoms. The molecule has 0 aliphatic rings. The third kappa shape index (κ3) is 1.28. The molecule has 0 heterocycles. The molecular formula is C10H8N2. The van der Waals surface area contributed by atoms with Crippen LogP contribution >= 0.6 is 0 Å². The minimum Gasteiger partial charge on any atom is -0.192 e. The molecule has 0 N–H and O–H groups in total. The van der Waals surface area contributed by atoms with E-state index in [2.05, 4.69) is 12.1 Å². The first kappa shape index (κ1) is 8.30. The molecule has 0 atom stereocenters. The van der Waals surface area contributed by atoms with E-state index in [4.69, 9.17) is 10.5 Å². The summed E-state index contributed by atoms with van der Waals surface area (Å²) in [7, 11) is 0. The molecule has 0 fully saturated rings. The van der Waals surface area contributed by atoms with Gasteiger partial charge in [0.15, 0.2) is 0 Å². The first-order chi connectivity index (χ1) is 5.69. The number of hydrogen-bond acceptors (Lipinski definition) is 2. The molecule has 2 heteroatoms. The van der Waals surface area contributed by atoms with E-state index in [9.17, 15) is 0 Å². The summed E-state index contributed by atoms with van der Waals surface area (Å²) in [5, 5.41) is 17.3. The fraction of sp³-hybridized carbons (Fsp3) is 0.200. The topological polar surface area (TPSA) is 47.6 Å². The molecule has 0 saturated carbocycles. The number of rotatable bonds is 0. The van der Waals surface area contributed by atoms with E-state index in [1.807, 2.05) is 13.8 Å². The molecule has 0 radical (unpaired) electrons. The van der Waals surface area contributed by atoms with Crippen LogP contribution in [-0.4, -0.2) is 0 Å². The number of nitrogens with zero attached hydrogens (tertiary/aromatic N) is 2. The predicted molar refractivity (Wildman–Crippen MR) is 45.3 cm³/mol. The third-order valence-electron chi connectivity index (χ3n) is 1.77. The maximum absolute atomic E-state index is 8.73. The van der Waals surface area contributed by atoms with Crippen LogP contribution in [0, 0.1) is 36.5 Å². The van der Waals surface area contributed by atoms with Gasteiger partial charge in [0.25, 0.3) is 0 Å². The third-order valence-corrected chi connectivity index (χ3v) is 1.77. The Hall–Kier alpha value is -1.80. The molecule has 0 unspecified atom stereocenters. The van der Waals surface area contributed by atoms with Gasteiger partial charge in [-0.2, -0.15) is 10.5 Å². The Kier molecular flexibility index (Phi) is 2.12. The van der Waals surface area contributed by atoms with Crippen LogP contribution < -0.4 is 0 Å². The van der Waals surface area contributed by atoms with Crippen molar-refractivity contribution in [3.05, 3.63) is 34.4 Å². The molecule has 1 rings (SSSR count). The van der Waals surface area contributed by atoms with Gasteiger partial charge >= 0.3 is 0 Å². The van der Waals surface area contributed by atoms with Crippen LogP contribution in [0.5, 0.6) is 0 Å². The monoisotopic (exact) mass is 156 g/mol. The number of benzene rings is 1. The molecule has 0 aliphatic carbocycles. The van der Waals surface area contributed by atoms with Gasteiger partial charge in [-0.1, -0.05) is 0 Å². The van der Waals surface area contributed by atoms with Gasteiger partial charge in [0.2, 0.25) is 0 Å². The number of nitriles is 2. The Morgan fingerprint density at radius 1 is 1.00 bits per heavy atom. The van der Waals surface area contributed by atoms with Crippen molar-refractivity contribution in [2.75, 3.05) is 0 Å². The maximum atomic E-state index is 8.73. The molecule has 0 amide bonds. The summed E-state index contributed by atoms with van der Waals surface area (Å²) in [5.74, 6) is 0. The quantitative estimate of drug-likeness (QED) is 0.577. The Morgan fingerprint density at radius 2 is 1.50 bits per heavy atom. The minimum absolute atomic E-state index is 0.615. The minimum atomic E-state index is 0.615. The molecule has 0 aliphatic heterocycles. The van der Waals surface area contributed by atoms with Gasteiger partial charge in [-0.3, -0.25) is 0 Å². The lowest BCUT2D eigenvalue weighted by molar-refractivity contribution is 1.30. The average molecular weight is 156 g/mol. The van der Waals surface area contributed by atoms with Crippen molar-refractivity contribution in [3.8, 4) is 12.1 Å². The zero-order chi connectivity index (χ0) is 9.14. The van der Waals surface area contributed by atoms with Crippen molar-refractivity contribution in [1.29, 1.82) is 10.5 Å². The van der Waals surface area contributed by atoms with Crippen LogP contribution in [0.25, 0.3) is 0 Å². The van der Waals surface area contributed by atoms with E-state index in [-0.39, 0.29) is 0 Å². The summed E-state index contributed by atoms with van der Waals surface area (Å²) in [6.07, 6.45) is 0. The van der Waals surface area contributed by atoms with Crippen molar-refractivity contribution >= 4 is 0 Å². The Morgan fingerprint density at radius 3 is 1.83 bits per heavy atom. The fourth-order valence-corrected chi connectivity index (χ4v) is 1.20. The van der Waals surface area contributed by atoms with Gasteiger partial charge < -0.3 is 0 Å². The largest absolute Gasteiger partial charge is 0.192 e. The highest BCUT2D eigenvalue weighted by Crippen LogP contribution is 2.14. The highest BCUT2D eigenvalue weighted by atomic mass is 14.3. The van der Waals surface area contributed by atoms with Crippen molar-refractivity contribution < 1.29 is 0 Å². The highest BCUT2D eigenvalue weighted by Gasteiger charge is 2.02. The first-order valence-corrected chi connectivity index (χ1v) is 3.60. The molecule has 58 valence electrons. The van der Waals surface area contributed by atoms with Crippen LogP contribution in [-0.2, 0) is 0 Å². The van der Waals surface area contributed by atoms with Crippen molar-refractivity contribution in [2.24, 2.45) is 0 Å².